The standard InChI is InChI=1S/C26H17BrClN3O3S/c27-19-8-4-5-16-17(19)6-3-7-18(16)25-30-21-13-15(11-12-23(21)34-25)29-26(35)31-24(32)14-33-22-10-2-1-9-20(22)28/h1-13H,14H2,(H2,29,31,32,35). The van der Waals surface area contributed by atoms with Crippen LogP contribution in [0.1, 0.15) is 0 Å². The molecule has 0 atom stereocenters. The number of nitrogens with one attached hydrogen (secondary N) is 2. The van der Waals surface area contributed by atoms with E-state index in [9.17, 15) is 4.79 Å². The molecule has 0 saturated heterocycles. The molecule has 2 N–H and O–H groups in total. The van der Waals surface area contributed by atoms with Gasteiger partial charge in [0.25, 0.3) is 5.91 Å². The first-order valence-corrected chi connectivity index (χ1v) is 12.1. The molecule has 0 unspecified atom stereocenters. The number of anilines is 1. The van der Waals surface area contributed by atoms with Crippen molar-refractivity contribution in [2.45, 2.75) is 0 Å². The zero-order chi connectivity index (χ0) is 24.4. The maximum absolute atomic E-state index is 12.2. The highest BCUT2D eigenvalue weighted by atomic mass is 79.9. The van der Waals surface area contributed by atoms with E-state index in [0.29, 0.717) is 33.4 Å². The van der Waals surface area contributed by atoms with Crippen molar-refractivity contribution in [3.05, 3.63) is 88.4 Å². The van der Waals surface area contributed by atoms with Gasteiger partial charge in [-0.25, -0.2) is 4.98 Å². The van der Waals surface area contributed by atoms with E-state index in [4.69, 9.17) is 33.0 Å². The Balaban J connectivity index is 1.28. The summed E-state index contributed by atoms with van der Waals surface area (Å²) < 4.78 is 12.5. The monoisotopic (exact) mass is 565 g/mol. The molecule has 1 aromatic heterocycles. The number of ether oxygens (including phenoxy) is 1. The number of aromatic nitrogens is 1. The van der Waals surface area contributed by atoms with E-state index in [1.165, 1.54) is 0 Å². The van der Waals surface area contributed by atoms with E-state index in [2.05, 4.69) is 31.5 Å². The molecule has 0 aliphatic carbocycles. The van der Waals surface area contributed by atoms with Crippen molar-refractivity contribution in [1.29, 1.82) is 0 Å². The molecular weight excluding hydrogens is 550 g/mol. The number of carbonyl (C=O) groups excluding carboxylic acids is 1. The summed E-state index contributed by atoms with van der Waals surface area (Å²) in [6.45, 7) is -0.224. The number of hydrogen-bond acceptors (Lipinski definition) is 5. The average Bonchev–Trinajstić information content (AvgIpc) is 3.27. The molecule has 0 fully saturated rings. The fourth-order valence-corrected chi connectivity index (χ4v) is 4.53. The molecule has 0 radical (unpaired) electrons. The molecule has 1 amide bonds. The molecule has 9 heteroatoms. The summed E-state index contributed by atoms with van der Waals surface area (Å²) in [4.78, 5) is 16.9. The SMILES string of the molecule is O=C(COc1ccccc1Cl)NC(=S)Nc1ccc2oc(-c3cccc4c(Br)cccc34)nc2c1. The van der Waals surface area contributed by atoms with Gasteiger partial charge < -0.3 is 14.5 Å². The van der Waals surface area contributed by atoms with E-state index >= 15 is 0 Å². The third-order valence-electron chi connectivity index (χ3n) is 5.19. The zero-order valence-electron chi connectivity index (χ0n) is 18.0. The Morgan fingerprint density at radius 3 is 2.69 bits per heavy atom. The fraction of sp³-hybridized carbons (Fsp3) is 0.0385. The van der Waals surface area contributed by atoms with Crippen molar-refractivity contribution in [3.8, 4) is 17.2 Å². The van der Waals surface area contributed by atoms with Gasteiger partial charge in [-0.2, -0.15) is 0 Å². The first kappa shape index (κ1) is 23.3. The third-order valence-corrected chi connectivity index (χ3v) is 6.40. The van der Waals surface area contributed by atoms with E-state index in [0.717, 1.165) is 20.8 Å². The van der Waals surface area contributed by atoms with Crippen LogP contribution in [-0.4, -0.2) is 22.6 Å². The zero-order valence-corrected chi connectivity index (χ0v) is 21.2. The van der Waals surface area contributed by atoms with Gasteiger partial charge in [0, 0.05) is 15.7 Å². The number of carbonyl (C=O) groups is 1. The summed E-state index contributed by atoms with van der Waals surface area (Å²) in [5.74, 6) is 0.539. The molecule has 0 saturated carbocycles. The lowest BCUT2D eigenvalue weighted by Gasteiger charge is -2.11. The topological polar surface area (TPSA) is 76.4 Å². The number of oxazole rings is 1. The minimum absolute atomic E-state index is 0.139. The summed E-state index contributed by atoms with van der Waals surface area (Å²) in [5, 5.41) is 8.26. The Labute approximate surface area is 219 Å². The summed E-state index contributed by atoms with van der Waals surface area (Å²) in [6, 6.07) is 24.4. The van der Waals surface area contributed by atoms with Gasteiger partial charge in [-0.1, -0.05) is 63.9 Å². The van der Waals surface area contributed by atoms with Crippen LogP contribution in [0.3, 0.4) is 0 Å². The molecule has 6 nitrogen and oxygen atoms in total. The predicted octanol–water partition coefficient (Wildman–Crippen LogP) is 6.96. The van der Waals surface area contributed by atoms with E-state index in [-0.39, 0.29) is 11.7 Å². The van der Waals surface area contributed by atoms with Crippen LogP contribution < -0.4 is 15.4 Å². The van der Waals surface area contributed by atoms with E-state index < -0.39 is 5.91 Å². The average molecular weight is 567 g/mol. The molecule has 1 heterocycles. The van der Waals surface area contributed by atoms with Crippen molar-refractivity contribution in [1.82, 2.24) is 10.3 Å². The van der Waals surface area contributed by atoms with Crippen LogP contribution in [0.25, 0.3) is 33.3 Å². The predicted molar refractivity (Wildman–Crippen MR) is 146 cm³/mol. The van der Waals surface area contributed by atoms with Gasteiger partial charge in [-0.15, -0.1) is 0 Å². The largest absolute Gasteiger partial charge is 0.482 e. The fourth-order valence-electron chi connectivity index (χ4n) is 3.61. The first-order valence-electron chi connectivity index (χ1n) is 10.5. The number of hydrogen-bond donors (Lipinski definition) is 2. The molecule has 0 aliphatic heterocycles. The van der Waals surface area contributed by atoms with E-state index in [1.54, 1.807) is 36.4 Å². The lowest BCUT2D eigenvalue weighted by atomic mass is 10.0. The summed E-state index contributed by atoms with van der Waals surface area (Å²) in [7, 11) is 0. The van der Waals surface area contributed by atoms with Crippen molar-refractivity contribution in [3.63, 3.8) is 0 Å². The molecule has 35 heavy (non-hydrogen) atoms. The number of para-hydroxylation sites is 1. The van der Waals surface area contributed by atoms with Gasteiger partial charge in [0.2, 0.25) is 5.89 Å². The van der Waals surface area contributed by atoms with Crippen LogP contribution in [0.4, 0.5) is 5.69 Å². The van der Waals surface area contributed by atoms with Gasteiger partial charge >= 0.3 is 0 Å². The van der Waals surface area contributed by atoms with Crippen LogP contribution in [0.5, 0.6) is 5.75 Å². The van der Waals surface area contributed by atoms with Crippen molar-refractivity contribution in [2.75, 3.05) is 11.9 Å². The Kier molecular flexibility index (Phi) is 6.68. The molecule has 5 aromatic rings. The lowest BCUT2D eigenvalue weighted by molar-refractivity contribution is -0.121. The quantitative estimate of drug-likeness (QED) is 0.224. The Bertz CT molecular complexity index is 1590. The number of rotatable bonds is 5. The summed E-state index contributed by atoms with van der Waals surface area (Å²) in [6.07, 6.45) is 0. The van der Waals surface area contributed by atoms with Gasteiger partial charge in [-0.3, -0.25) is 10.1 Å². The Hall–Kier alpha value is -3.46. The Morgan fingerprint density at radius 2 is 1.83 bits per heavy atom. The van der Waals surface area contributed by atoms with Crippen molar-refractivity contribution in [2.24, 2.45) is 0 Å². The number of fused-ring (bicyclic) bond motifs is 2. The van der Waals surface area contributed by atoms with Crippen LogP contribution in [-0.2, 0) is 4.79 Å². The second-order valence-corrected chi connectivity index (χ2v) is 9.23. The van der Waals surface area contributed by atoms with Crippen molar-refractivity contribution < 1.29 is 13.9 Å². The highest BCUT2D eigenvalue weighted by molar-refractivity contribution is 9.10. The van der Waals surface area contributed by atoms with Gasteiger partial charge in [0.1, 0.15) is 11.3 Å². The molecule has 4 aromatic carbocycles. The number of halogens is 2. The molecule has 0 aliphatic rings. The first-order chi connectivity index (χ1) is 17.0. The van der Waals surface area contributed by atoms with Gasteiger partial charge in [0.05, 0.1) is 5.02 Å². The molecular formula is C26H17BrClN3O3S. The van der Waals surface area contributed by atoms with Crippen molar-refractivity contribution >= 4 is 78.3 Å². The van der Waals surface area contributed by atoms with Crippen LogP contribution in [0, 0.1) is 0 Å². The number of nitrogens with zero attached hydrogens (tertiary/aromatic N) is 1. The second-order valence-electron chi connectivity index (χ2n) is 7.56. The molecule has 174 valence electrons. The molecule has 5 rings (SSSR count). The molecule has 0 bridgehead atoms. The van der Waals surface area contributed by atoms with E-state index in [1.807, 2.05) is 42.5 Å². The number of benzene rings is 4. The van der Waals surface area contributed by atoms with Crippen LogP contribution in [0.2, 0.25) is 5.02 Å². The maximum Gasteiger partial charge on any atom is 0.264 e. The lowest BCUT2D eigenvalue weighted by Crippen LogP contribution is -2.37. The highest BCUT2D eigenvalue weighted by Crippen LogP contribution is 2.34. The van der Waals surface area contributed by atoms with Crippen LogP contribution >= 0.6 is 39.7 Å². The van der Waals surface area contributed by atoms with Gasteiger partial charge in [0.15, 0.2) is 17.3 Å². The smallest absolute Gasteiger partial charge is 0.264 e. The van der Waals surface area contributed by atoms with Gasteiger partial charge in [-0.05, 0) is 65.5 Å². The third kappa shape index (κ3) is 5.14. The Morgan fingerprint density at radius 1 is 1.03 bits per heavy atom. The summed E-state index contributed by atoms with van der Waals surface area (Å²) in [5.41, 5.74) is 2.86. The number of thiocarbonyl (C=S) groups is 1. The molecule has 0 spiro atoms. The second kappa shape index (κ2) is 10.0. The maximum atomic E-state index is 12.2. The normalized spacial score (nSPS) is 10.9. The highest BCUT2D eigenvalue weighted by Gasteiger charge is 2.14. The van der Waals surface area contributed by atoms with Crippen LogP contribution in [0.15, 0.2) is 87.8 Å². The summed E-state index contributed by atoms with van der Waals surface area (Å²) >= 11 is 14.9. The minimum Gasteiger partial charge on any atom is -0.482 e. The number of amides is 1. The minimum atomic E-state index is -0.408.